The van der Waals surface area contributed by atoms with Crippen LogP contribution < -0.4 is 15.8 Å². The Bertz CT molecular complexity index is 1270. The Morgan fingerprint density at radius 1 is 1.20 bits per heavy atom. The maximum absolute atomic E-state index is 13.0. The smallest absolute Gasteiger partial charge is 0.267 e. The van der Waals surface area contributed by atoms with Crippen molar-refractivity contribution in [2.24, 2.45) is 5.92 Å². The van der Waals surface area contributed by atoms with Crippen LogP contribution in [-0.2, 0) is 11.2 Å². The molecule has 0 fully saturated rings. The molecule has 7 nitrogen and oxygen atoms in total. The number of anilines is 1. The number of allylic oxidation sites excluding steroid dienone is 1. The van der Waals surface area contributed by atoms with Crippen LogP contribution in [-0.4, -0.2) is 34.5 Å². The summed E-state index contributed by atoms with van der Waals surface area (Å²) < 4.78 is 1.65. The molecule has 0 aliphatic rings. The number of pyridine rings is 1. The van der Waals surface area contributed by atoms with Crippen LogP contribution >= 0.6 is 0 Å². The first-order valence-electron chi connectivity index (χ1n) is 11.9. The van der Waals surface area contributed by atoms with Gasteiger partial charge in [-0.25, -0.2) is 0 Å². The fraction of sp³-hybridized carbons (Fsp3) is 0.321. The number of rotatable bonds is 10. The summed E-state index contributed by atoms with van der Waals surface area (Å²) in [6.07, 6.45) is 4.96. The fourth-order valence-electron chi connectivity index (χ4n) is 4.04. The highest BCUT2D eigenvalue weighted by atomic mass is 16.2. The number of aryl methyl sites for hydroxylation is 3. The fourth-order valence-corrected chi connectivity index (χ4v) is 4.04. The van der Waals surface area contributed by atoms with Crippen LogP contribution in [0.5, 0.6) is 0 Å². The average molecular weight is 475 g/mol. The lowest BCUT2D eigenvalue weighted by molar-refractivity contribution is -0.116. The van der Waals surface area contributed by atoms with Crippen LogP contribution in [0.25, 0.3) is 5.69 Å². The van der Waals surface area contributed by atoms with E-state index in [-0.39, 0.29) is 23.3 Å². The highest BCUT2D eigenvalue weighted by Crippen LogP contribution is 2.23. The number of hydrogen-bond acceptors (Lipinski definition) is 3. The van der Waals surface area contributed by atoms with Crippen molar-refractivity contribution in [1.29, 1.82) is 0 Å². The summed E-state index contributed by atoms with van der Waals surface area (Å²) in [7, 11) is 0. The molecular formula is C28H34N4O3. The molecule has 0 radical (unpaired) electrons. The summed E-state index contributed by atoms with van der Waals surface area (Å²) in [5.74, 6) is -0.220. The first-order valence-corrected chi connectivity index (χ1v) is 11.9. The Morgan fingerprint density at radius 3 is 2.60 bits per heavy atom. The van der Waals surface area contributed by atoms with Gasteiger partial charge in [0.15, 0.2) is 0 Å². The van der Waals surface area contributed by atoms with Crippen molar-refractivity contribution in [2.45, 2.75) is 40.5 Å². The monoisotopic (exact) mass is 474 g/mol. The Balaban J connectivity index is 1.74. The van der Waals surface area contributed by atoms with Gasteiger partial charge >= 0.3 is 0 Å². The van der Waals surface area contributed by atoms with Crippen molar-refractivity contribution in [3.8, 4) is 5.69 Å². The molecule has 0 saturated heterocycles. The maximum atomic E-state index is 13.0. The molecule has 0 spiro atoms. The molecule has 2 heterocycles. The molecule has 2 N–H and O–H groups in total. The Hall–Kier alpha value is -3.87. The molecule has 35 heavy (non-hydrogen) atoms. The highest BCUT2D eigenvalue weighted by molar-refractivity contribution is 5.93. The third-order valence-corrected chi connectivity index (χ3v) is 5.96. The Kier molecular flexibility index (Phi) is 8.47. The number of hydrogen-bond donors (Lipinski definition) is 2. The third-order valence-electron chi connectivity index (χ3n) is 5.96. The summed E-state index contributed by atoms with van der Waals surface area (Å²) in [5, 5.41) is 2.92. The van der Waals surface area contributed by atoms with Gasteiger partial charge in [-0.3, -0.25) is 19.0 Å². The second-order valence-corrected chi connectivity index (χ2v) is 9.01. The van der Waals surface area contributed by atoms with Gasteiger partial charge in [0.25, 0.3) is 11.5 Å². The summed E-state index contributed by atoms with van der Waals surface area (Å²) >= 11 is 0. The molecule has 7 heteroatoms. The van der Waals surface area contributed by atoms with Gasteiger partial charge in [0.1, 0.15) is 5.69 Å². The molecule has 0 aliphatic carbocycles. The zero-order chi connectivity index (χ0) is 25.5. The van der Waals surface area contributed by atoms with E-state index in [2.05, 4.69) is 16.9 Å². The number of aromatic amines is 1. The van der Waals surface area contributed by atoms with Crippen LogP contribution in [0.2, 0.25) is 0 Å². The zero-order valence-corrected chi connectivity index (χ0v) is 20.9. The number of amides is 2. The van der Waals surface area contributed by atoms with Crippen molar-refractivity contribution in [3.63, 3.8) is 0 Å². The van der Waals surface area contributed by atoms with Crippen molar-refractivity contribution in [1.82, 2.24) is 14.9 Å². The molecule has 1 atom stereocenters. The number of carbonyl (C=O) groups excluding carboxylic acids is 2. The van der Waals surface area contributed by atoms with Gasteiger partial charge in [0.2, 0.25) is 5.91 Å². The van der Waals surface area contributed by atoms with Gasteiger partial charge in [0, 0.05) is 43.2 Å². The molecular weight excluding hydrogens is 440 g/mol. The van der Waals surface area contributed by atoms with E-state index in [1.807, 2.05) is 57.2 Å². The van der Waals surface area contributed by atoms with Crippen LogP contribution in [0.15, 0.2) is 66.1 Å². The van der Waals surface area contributed by atoms with E-state index in [0.29, 0.717) is 25.2 Å². The lowest BCUT2D eigenvalue weighted by atomic mass is 10.1. The summed E-state index contributed by atoms with van der Waals surface area (Å²) in [5.41, 5.74) is 4.57. The molecule has 2 amide bonds. The van der Waals surface area contributed by atoms with Crippen molar-refractivity contribution in [2.75, 3.05) is 18.0 Å². The van der Waals surface area contributed by atoms with Gasteiger partial charge in [-0.2, -0.15) is 0 Å². The van der Waals surface area contributed by atoms with Crippen LogP contribution in [0.1, 0.15) is 47.6 Å². The predicted molar refractivity (Wildman–Crippen MR) is 140 cm³/mol. The average Bonchev–Trinajstić information content (AvgIpc) is 3.27. The molecule has 0 bridgehead atoms. The highest BCUT2D eigenvalue weighted by Gasteiger charge is 2.18. The van der Waals surface area contributed by atoms with E-state index in [1.54, 1.807) is 27.8 Å². The maximum Gasteiger partial charge on any atom is 0.267 e. The van der Waals surface area contributed by atoms with E-state index in [0.717, 1.165) is 34.6 Å². The molecule has 1 aromatic carbocycles. The second-order valence-electron chi connectivity index (χ2n) is 9.01. The standard InChI is InChI=1S/C28H34N4O3/c1-6-7-9-23-10-8-15-31(28(23)35)26-14-12-24(16-20(26)3)32(22(5)33)18-19(2)17-29-27(34)25-13-11-21(4)30-25/h6,8,10-16,19,30H,1,7,9,17-18H2,2-5H3,(H,29,34). The van der Waals surface area contributed by atoms with Crippen molar-refractivity contribution >= 4 is 17.5 Å². The molecule has 0 aliphatic heterocycles. The number of nitrogens with zero attached hydrogens (tertiary/aromatic N) is 2. The largest absolute Gasteiger partial charge is 0.355 e. The second kappa shape index (κ2) is 11.5. The minimum Gasteiger partial charge on any atom is -0.355 e. The predicted octanol–water partition coefficient (Wildman–Crippen LogP) is 4.32. The van der Waals surface area contributed by atoms with E-state index >= 15 is 0 Å². The summed E-state index contributed by atoms with van der Waals surface area (Å²) in [6, 6.07) is 13.0. The summed E-state index contributed by atoms with van der Waals surface area (Å²) in [4.78, 5) is 42.5. The van der Waals surface area contributed by atoms with Crippen molar-refractivity contribution in [3.05, 3.63) is 94.2 Å². The lowest BCUT2D eigenvalue weighted by Gasteiger charge is -2.26. The van der Waals surface area contributed by atoms with E-state index < -0.39 is 0 Å². The molecule has 3 aromatic rings. The number of nitrogens with one attached hydrogen (secondary N) is 2. The molecule has 2 aromatic heterocycles. The van der Waals surface area contributed by atoms with E-state index in [4.69, 9.17) is 0 Å². The number of aromatic nitrogens is 2. The van der Waals surface area contributed by atoms with Crippen molar-refractivity contribution < 1.29 is 9.59 Å². The first-order chi connectivity index (χ1) is 16.7. The van der Waals surface area contributed by atoms with Gasteiger partial charge in [-0.1, -0.05) is 19.1 Å². The lowest BCUT2D eigenvalue weighted by Crippen LogP contribution is -2.38. The number of benzene rings is 1. The van der Waals surface area contributed by atoms with Gasteiger partial charge < -0.3 is 15.2 Å². The summed E-state index contributed by atoms with van der Waals surface area (Å²) in [6.45, 7) is 12.0. The minimum absolute atomic E-state index is 0.0306. The van der Waals surface area contributed by atoms with E-state index in [9.17, 15) is 14.4 Å². The van der Waals surface area contributed by atoms with Gasteiger partial charge in [0.05, 0.1) is 5.69 Å². The third kappa shape index (κ3) is 6.38. The van der Waals surface area contributed by atoms with Crippen LogP contribution in [0.3, 0.4) is 0 Å². The Morgan fingerprint density at radius 2 is 1.97 bits per heavy atom. The quantitative estimate of drug-likeness (QED) is 0.429. The number of H-pyrrole nitrogens is 1. The minimum atomic E-state index is -0.166. The van der Waals surface area contributed by atoms with Gasteiger partial charge in [-0.05, 0) is 74.6 Å². The number of carbonyl (C=O) groups is 2. The van der Waals surface area contributed by atoms with E-state index in [1.165, 1.54) is 6.92 Å². The molecule has 1 unspecified atom stereocenters. The molecule has 184 valence electrons. The molecule has 0 saturated carbocycles. The normalized spacial score (nSPS) is 11.7. The molecule has 3 rings (SSSR count). The Labute approximate surface area is 206 Å². The topological polar surface area (TPSA) is 87.2 Å². The SMILES string of the molecule is C=CCCc1cccn(-c2ccc(N(CC(C)CNC(=O)c3ccc(C)[nH]3)C(C)=O)cc2C)c1=O. The van der Waals surface area contributed by atoms with Crippen LogP contribution in [0.4, 0.5) is 5.69 Å². The van der Waals surface area contributed by atoms with Gasteiger partial charge in [-0.15, -0.1) is 6.58 Å². The van der Waals surface area contributed by atoms with Crippen LogP contribution in [0, 0.1) is 19.8 Å². The first kappa shape index (κ1) is 25.7. The zero-order valence-electron chi connectivity index (χ0n) is 20.9.